The fourth-order valence-corrected chi connectivity index (χ4v) is 4.02. The molecule has 30 heavy (non-hydrogen) atoms. The smallest absolute Gasteiger partial charge is 0.336 e. The summed E-state index contributed by atoms with van der Waals surface area (Å²) in [6.45, 7) is 6.43. The van der Waals surface area contributed by atoms with Crippen LogP contribution >= 0.6 is 0 Å². The van der Waals surface area contributed by atoms with E-state index in [9.17, 15) is 29.7 Å². The van der Waals surface area contributed by atoms with Crippen molar-refractivity contribution in [2.45, 2.75) is 56.8 Å². The second kappa shape index (κ2) is 6.50. The zero-order valence-electron chi connectivity index (χ0n) is 17.0. The Hall–Kier alpha value is -2.49. The van der Waals surface area contributed by atoms with E-state index in [1.165, 1.54) is 0 Å². The first kappa shape index (κ1) is 20.8. The van der Waals surface area contributed by atoms with Crippen LogP contribution in [0.25, 0.3) is 0 Å². The molecule has 0 radical (unpaired) electrons. The highest BCUT2D eigenvalue weighted by Crippen LogP contribution is 2.42. The van der Waals surface area contributed by atoms with Gasteiger partial charge in [-0.3, -0.25) is 0 Å². The summed E-state index contributed by atoms with van der Waals surface area (Å²) in [6, 6.07) is 0. The van der Waals surface area contributed by atoms with Gasteiger partial charge in [-0.1, -0.05) is 0 Å². The molecule has 3 unspecified atom stereocenters. The first-order chi connectivity index (χ1) is 13.9. The molecule has 4 rings (SSSR count). The molecule has 0 spiro atoms. The minimum Gasteiger partial charge on any atom is -0.478 e. The number of hydrogen-bond acceptors (Lipinski definition) is 6. The third-order valence-corrected chi connectivity index (χ3v) is 6.02. The van der Waals surface area contributed by atoms with Crippen LogP contribution in [-0.2, 0) is 33.5 Å². The van der Waals surface area contributed by atoms with E-state index in [1.54, 1.807) is 20.8 Å². The molecule has 1 aromatic carbocycles. The van der Waals surface area contributed by atoms with Crippen LogP contribution in [0.3, 0.4) is 0 Å². The van der Waals surface area contributed by atoms with Gasteiger partial charge in [-0.15, -0.1) is 0 Å². The Kier molecular flexibility index (Phi) is 4.50. The molecule has 0 saturated carbocycles. The predicted molar refractivity (Wildman–Crippen MR) is 102 cm³/mol. The SMILES string of the molecule is CC1(Cc2c(C(=O)O)c(CC3(C)CO3)c(C(=O)O)c(CC3(C)CO3)c2C(=O)O)CO1. The van der Waals surface area contributed by atoms with E-state index < -0.39 is 34.7 Å². The Labute approximate surface area is 172 Å². The Balaban J connectivity index is 2.05. The molecule has 0 aromatic heterocycles. The number of aromatic carboxylic acids is 3. The summed E-state index contributed by atoms with van der Waals surface area (Å²) in [5.74, 6) is -4.09. The molecule has 162 valence electrons. The Morgan fingerprint density at radius 1 is 0.633 bits per heavy atom. The maximum atomic E-state index is 12.3. The lowest BCUT2D eigenvalue weighted by atomic mass is 9.78. The summed E-state index contributed by atoms with van der Waals surface area (Å²) >= 11 is 0. The van der Waals surface area contributed by atoms with Crippen LogP contribution in [0, 0.1) is 0 Å². The number of carboxylic acid groups (broad SMARTS) is 3. The quantitative estimate of drug-likeness (QED) is 0.508. The molecule has 1 aromatic rings. The standard InChI is InChI=1S/C21H24O9/c1-19(7-28-19)4-10-13(16(22)23)11(5-20(2)8-29-20)15(18(26)27)12(14(10)17(24)25)6-21(3)9-30-21/h4-9H2,1-3H3,(H,22,23)(H,24,25)(H,26,27). The third kappa shape index (κ3) is 3.80. The number of carboxylic acids is 3. The molecule has 3 N–H and O–H groups in total. The van der Waals surface area contributed by atoms with Crippen molar-refractivity contribution in [2.75, 3.05) is 19.8 Å². The molecule has 3 fully saturated rings. The van der Waals surface area contributed by atoms with Crippen molar-refractivity contribution < 1.29 is 43.9 Å². The highest BCUT2D eigenvalue weighted by molar-refractivity contribution is 6.05. The molecular weight excluding hydrogens is 396 g/mol. The molecular formula is C21H24O9. The van der Waals surface area contributed by atoms with Gasteiger partial charge in [-0.25, -0.2) is 14.4 Å². The monoisotopic (exact) mass is 420 g/mol. The summed E-state index contributed by atoms with van der Waals surface area (Å²) in [4.78, 5) is 37.0. The van der Waals surface area contributed by atoms with Crippen molar-refractivity contribution in [2.24, 2.45) is 0 Å². The first-order valence-electron chi connectivity index (χ1n) is 9.69. The molecule has 3 heterocycles. The fourth-order valence-electron chi connectivity index (χ4n) is 4.02. The molecule has 0 aliphatic carbocycles. The van der Waals surface area contributed by atoms with E-state index in [1.807, 2.05) is 0 Å². The summed E-state index contributed by atoms with van der Waals surface area (Å²) in [7, 11) is 0. The van der Waals surface area contributed by atoms with Gasteiger partial charge in [-0.05, 0) is 37.5 Å². The molecule has 3 saturated heterocycles. The average Bonchev–Trinajstić information content (AvgIpc) is 3.53. The molecule has 3 aliphatic heterocycles. The Morgan fingerprint density at radius 2 is 0.833 bits per heavy atom. The van der Waals surface area contributed by atoms with Crippen molar-refractivity contribution in [3.8, 4) is 0 Å². The van der Waals surface area contributed by atoms with Crippen LogP contribution in [0.2, 0.25) is 0 Å². The summed E-state index contributed by atoms with van der Waals surface area (Å²) < 4.78 is 16.2. The highest BCUT2D eigenvalue weighted by atomic mass is 16.6. The van der Waals surface area contributed by atoms with E-state index in [0.717, 1.165) is 0 Å². The molecule has 0 bridgehead atoms. The van der Waals surface area contributed by atoms with Crippen molar-refractivity contribution in [1.29, 1.82) is 0 Å². The summed E-state index contributed by atoms with van der Waals surface area (Å²) in [5.41, 5.74) is -2.55. The lowest BCUT2D eigenvalue weighted by molar-refractivity contribution is 0.0692. The lowest BCUT2D eigenvalue weighted by Crippen LogP contribution is -2.28. The van der Waals surface area contributed by atoms with Crippen LogP contribution in [0.15, 0.2) is 0 Å². The van der Waals surface area contributed by atoms with Crippen LogP contribution in [0.1, 0.15) is 68.5 Å². The molecule has 9 heteroatoms. The topological polar surface area (TPSA) is 149 Å². The van der Waals surface area contributed by atoms with E-state index in [-0.39, 0.29) is 52.6 Å². The number of benzene rings is 1. The van der Waals surface area contributed by atoms with Gasteiger partial charge >= 0.3 is 17.9 Å². The van der Waals surface area contributed by atoms with E-state index in [4.69, 9.17) is 14.2 Å². The minimum atomic E-state index is -1.36. The second-order valence-corrected chi connectivity index (χ2v) is 9.22. The number of epoxide rings is 3. The molecule has 0 amide bonds. The Morgan fingerprint density at radius 3 is 0.967 bits per heavy atom. The molecule has 3 aliphatic rings. The van der Waals surface area contributed by atoms with Gasteiger partial charge in [0, 0.05) is 19.3 Å². The number of carbonyl (C=O) groups is 3. The number of ether oxygens (including phenoxy) is 3. The van der Waals surface area contributed by atoms with Gasteiger partial charge in [0.1, 0.15) is 0 Å². The average molecular weight is 420 g/mol. The number of rotatable bonds is 9. The summed E-state index contributed by atoms with van der Waals surface area (Å²) in [6.07, 6.45) is 0.182. The Bertz CT molecular complexity index is 820. The van der Waals surface area contributed by atoms with E-state index in [2.05, 4.69) is 0 Å². The third-order valence-electron chi connectivity index (χ3n) is 6.02. The maximum Gasteiger partial charge on any atom is 0.336 e. The van der Waals surface area contributed by atoms with Gasteiger partial charge in [0.15, 0.2) is 0 Å². The molecule has 9 nitrogen and oxygen atoms in total. The second-order valence-electron chi connectivity index (χ2n) is 9.22. The van der Waals surface area contributed by atoms with Gasteiger partial charge in [0.2, 0.25) is 0 Å². The highest BCUT2D eigenvalue weighted by Gasteiger charge is 2.48. The largest absolute Gasteiger partial charge is 0.478 e. The van der Waals surface area contributed by atoms with Gasteiger partial charge in [0.05, 0.1) is 53.3 Å². The van der Waals surface area contributed by atoms with Gasteiger partial charge in [0.25, 0.3) is 0 Å². The fraction of sp³-hybridized carbons (Fsp3) is 0.571. The van der Waals surface area contributed by atoms with Crippen molar-refractivity contribution in [3.05, 3.63) is 33.4 Å². The summed E-state index contributed by atoms with van der Waals surface area (Å²) in [5, 5.41) is 30.1. The van der Waals surface area contributed by atoms with Crippen molar-refractivity contribution in [3.63, 3.8) is 0 Å². The van der Waals surface area contributed by atoms with E-state index in [0.29, 0.717) is 19.8 Å². The van der Waals surface area contributed by atoms with Gasteiger partial charge < -0.3 is 29.5 Å². The van der Waals surface area contributed by atoms with Crippen LogP contribution < -0.4 is 0 Å². The van der Waals surface area contributed by atoms with Crippen LogP contribution in [0.5, 0.6) is 0 Å². The van der Waals surface area contributed by atoms with Crippen molar-refractivity contribution in [1.82, 2.24) is 0 Å². The van der Waals surface area contributed by atoms with Crippen LogP contribution in [-0.4, -0.2) is 69.9 Å². The van der Waals surface area contributed by atoms with E-state index >= 15 is 0 Å². The van der Waals surface area contributed by atoms with Crippen LogP contribution in [0.4, 0.5) is 0 Å². The normalized spacial score (nSPS) is 31.3. The zero-order chi connectivity index (χ0) is 22.1. The van der Waals surface area contributed by atoms with Crippen molar-refractivity contribution >= 4 is 17.9 Å². The molecule has 3 atom stereocenters. The lowest BCUT2D eigenvalue weighted by Gasteiger charge is -2.24. The first-order valence-corrected chi connectivity index (χ1v) is 9.69. The zero-order valence-corrected chi connectivity index (χ0v) is 17.0. The minimum absolute atomic E-state index is 0.0608. The maximum absolute atomic E-state index is 12.3. The van der Waals surface area contributed by atoms with Gasteiger partial charge in [-0.2, -0.15) is 0 Å². The number of hydrogen-bond donors (Lipinski definition) is 3. The predicted octanol–water partition coefficient (Wildman–Crippen LogP) is 1.78.